The second-order valence-electron chi connectivity index (χ2n) is 6.25. The van der Waals surface area contributed by atoms with E-state index < -0.39 is 5.97 Å². The Balaban J connectivity index is 1.94. The molecule has 3 unspecified atom stereocenters. The maximum Gasteiger partial charge on any atom is 0.320 e. The number of amides is 2. The summed E-state index contributed by atoms with van der Waals surface area (Å²) in [6, 6.07) is 0.138. The molecule has 2 heterocycles. The number of urea groups is 1. The fourth-order valence-corrected chi connectivity index (χ4v) is 3.43. The summed E-state index contributed by atoms with van der Waals surface area (Å²) >= 11 is 0. The summed E-state index contributed by atoms with van der Waals surface area (Å²) in [7, 11) is 0. The number of piperidine rings is 2. The van der Waals surface area contributed by atoms with E-state index in [1.54, 1.807) is 0 Å². The van der Waals surface area contributed by atoms with Crippen molar-refractivity contribution >= 4 is 12.0 Å². The third-order valence-corrected chi connectivity index (χ3v) is 4.84. The van der Waals surface area contributed by atoms with Gasteiger partial charge in [-0.15, -0.1) is 0 Å². The molecule has 5 nitrogen and oxygen atoms in total. The van der Waals surface area contributed by atoms with Crippen molar-refractivity contribution in [3.05, 3.63) is 0 Å². The lowest BCUT2D eigenvalue weighted by atomic mass is 9.91. The largest absolute Gasteiger partial charge is 0.481 e. The van der Waals surface area contributed by atoms with E-state index in [4.69, 9.17) is 5.11 Å². The van der Waals surface area contributed by atoms with Crippen LogP contribution in [0, 0.1) is 11.8 Å². The number of carbonyl (C=O) groups is 2. The van der Waals surface area contributed by atoms with Crippen LogP contribution in [0.2, 0.25) is 0 Å². The molecule has 0 spiro atoms. The van der Waals surface area contributed by atoms with Gasteiger partial charge in [0.15, 0.2) is 0 Å². The first kappa shape index (κ1) is 15.1. The number of rotatable bonds is 2. The highest BCUT2D eigenvalue weighted by atomic mass is 16.4. The van der Waals surface area contributed by atoms with Crippen molar-refractivity contribution in [3.63, 3.8) is 0 Å². The van der Waals surface area contributed by atoms with Gasteiger partial charge in [0.2, 0.25) is 0 Å². The quantitative estimate of drug-likeness (QED) is 0.846. The molecule has 0 radical (unpaired) electrons. The number of hydrogen-bond acceptors (Lipinski definition) is 2. The lowest BCUT2D eigenvalue weighted by Gasteiger charge is -2.41. The lowest BCUT2D eigenvalue weighted by molar-refractivity contribution is -0.143. The predicted octanol–water partition coefficient (Wildman–Crippen LogP) is 2.41. The van der Waals surface area contributed by atoms with Gasteiger partial charge in [0, 0.05) is 25.7 Å². The number of carboxylic acid groups (broad SMARTS) is 1. The zero-order valence-electron chi connectivity index (χ0n) is 12.5. The molecule has 2 rings (SSSR count). The van der Waals surface area contributed by atoms with Gasteiger partial charge in [-0.1, -0.05) is 13.3 Å². The van der Waals surface area contributed by atoms with Crippen LogP contribution in [0.15, 0.2) is 0 Å². The molecule has 5 heteroatoms. The average Bonchev–Trinajstić information content (AvgIpc) is 2.46. The molecule has 0 saturated carbocycles. The Hall–Kier alpha value is -1.26. The monoisotopic (exact) mass is 282 g/mol. The van der Waals surface area contributed by atoms with E-state index in [-0.39, 0.29) is 18.0 Å². The molecule has 20 heavy (non-hydrogen) atoms. The normalized spacial score (nSPS) is 31.2. The summed E-state index contributed by atoms with van der Waals surface area (Å²) in [6.07, 6.45) is 4.59. The molecule has 114 valence electrons. The zero-order chi connectivity index (χ0) is 14.7. The summed E-state index contributed by atoms with van der Waals surface area (Å²) < 4.78 is 0. The minimum Gasteiger partial charge on any atom is -0.481 e. The number of hydrogen-bond donors (Lipinski definition) is 1. The molecule has 2 aliphatic rings. The van der Waals surface area contributed by atoms with Gasteiger partial charge in [0.1, 0.15) is 0 Å². The Morgan fingerprint density at radius 1 is 1.25 bits per heavy atom. The summed E-state index contributed by atoms with van der Waals surface area (Å²) in [5, 5.41) is 9.08. The Labute approximate surface area is 120 Å². The first-order chi connectivity index (χ1) is 9.52. The lowest BCUT2D eigenvalue weighted by Crippen LogP contribution is -2.53. The Bertz CT molecular complexity index is 372. The van der Waals surface area contributed by atoms with Crippen molar-refractivity contribution in [1.29, 1.82) is 0 Å². The summed E-state index contributed by atoms with van der Waals surface area (Å²) in [6.45, 7) is 6.43. The molecule has 2 fully saturated rings. The standard InChI is InChI=1S/C15H26N2O3/c1-3-12-5-4-7-16(10-12)15(20)17-8-6-13(14(18)19)9-11(17)2/h11-13H,3-10H2,1-2H3,(H,18,19). The van der Waals surface area contributed by atoms with E-state index >= 15 is 0 Å². The van der Waals surface area contributed by atoms with Crippen molar-refractivity contribution < 1.29 is 14.7 Å². The van der Waals surface area contributed by atoms with Gasteiger partial charge >= 0.3 is 12.0 Å². The van der Waals surface area contributed by atoms with E-state index in [1.165, 1.54) is 6.42 Å². The summed E-state index contributed by atoms with van der Waals surface area (Å²) in [4.78, 5) is 27.5. The number of likely N-dealkylation sites (tertiary alicyclic amines) is 2. The highest BCUT2D eigenvalue weighted by molar-refractivity contribution is 5.76. The zero-order valence-corrected chi connectivity index (χ0v) is 12.5. The van der Waals surface area contributed by atoms with Crippen LogP contribution in [0.25, 0.3) is 0 Å². The Kier molecular flexibility index (Phi) is 4.89. The van der Waals surface area contributed by atoms with Crippen LogP contribution in [-0.2, 0) is 4.79 Å². The topological polar surface area (TPSA) is 60.9 Å². The molecule has 0 aromatic rings. The van der Waals surface area contributed by atoms with Crippen LogP contribution in [0.1, 0.15) is 46.0 Å². The SMILES string of the molecule is CCC1CCCN(C(=O)N2CCC(C(=O)O)CC2C)C1. The van der Waals surface area contributed by atoms with Gasteiger partial charge in [-0.25, -0.2) is 4.79 Å². The maximum absolute atomic E-state index is 12.6. The summed E-state index contributed by atoms with van der Waals surface area (Å²) in [5.74, 6) is -0.397. The molecule has 0 aromatic carbocycles. The van der Waals surface area contributed by atoms with Gasteiger partial charge in [0.05, 0.1) is 5.92 Å². The highest BCUT2D eigenvalue weighted by Crippen LogP contribution is 2.26. The molecule has 2 saturated heterocycles. The molecular formula is C15H26N2O3. The van der Waals surface area contributed by atoms with Crippen molar-refractivity contribution in [2.45, 2.75) is 52.0 Å². The molecule has 0 aromatic heterocycles. The van der Waals surface area contributed by atoms with Crippen LogP contribution in [0.5, 0.6) is 0 Å². The molecule has 0 aliphatic carbocycles. The number of carboxylic acids is 1. The minimum absolute atomic E-state index is 0.0272. The number of nitrogens with zero attached hydrogens (tertiary/aromatic N) is 2. The smallest absolute Gasteiger partial charge is 0.320 e. The minimum atomic E-state index is -0.729. The molecule has 2 amide bonds. The Morgan fingerprint density at radius 3 is 2.60 bits per heavy atom. The number of aliphatic carboxylic acids is 1. The number of carbonyl (C=O) groups excluding carboxylic acids is 1. The fourth-order valence-electron chi connectivity index (χ4n) is 3.43. The van der Waals surface area contributed by atoms with Crippen molar-refractivity contribution in [1.82, 2.24) is 9.80 Å². The van der Waals surface area contributed by atoms with Crippen molar-refractivity contribution in [3.8, 4) is 0 Å². The second kappa shape index (κ2) is 6.46. The van der Waals surface area contributed by atoms with E-state index in [1.807, 2.05) is 16.7 Å². The van der Waals surface area contributed by atoms with Crippen molar-refractivity contribution in [2.75, 3.05) is 19.6 Å². The van der Waals surface area contributed by atoms with E-state index in [0.29, 0.717) is 25.3 Å². The molecule has 2 aliphatic heterocycles. The third-order valence-electron chi connectivity index (χ3n) is 4.84. The molecule has 1 N–H and O–H groups in total. The van der Waals surface area contributed by atoms with Crippen LogP contribution in [0.4, 0.5) is 4.79 Å². The fraction of sp³-hybridized carbons (Fsp3) is 0.867. The first-order valence-electron chi connectivity index (χ1n) is 7.81. The first-order valence-corrected chi connectivity index (χ1v) is 7.81. The molecule has 3 atom stereocenters. The highest BCUT2D eigenvalue weighted by Gasteiger charge is 2.35. The van der Waals surface area contributed by atoms with Gasteiger partial charge in [-0.3, -0.25) is 4.79 Å². The molecule has 0 bridgehead atoms. The molecular weight excluding hydrogens is 256 g/mol. The van der Waals surface area contributed by atoms with Crippen LogP contribution >= 0.6 is 0 Å². The van der Waals surface area contributed by atoms with Crippen LogP contribution in [0.3, 0.4) is 0 Å². The van der Waals surface area contributed by atoms with Crippen LogP contribution in [-0.4, -0.2) is 52.6 Å². The maximum atomic E-state index is 12.6. The van der Waals surface area contributed by atoms with E-state index in [9.17, 15) is 9.59 Å². The average molecular weight is 282 g/mol. The van der Waals surface area contributed by atoms with Gasteiger partial charge < -0.3 is 14.9 Å². The van der Waals surface area contributed by atoms with Crippen molar-refractivity contribution in [2.24, 2.45) is 11.8 Å². The predicted molar refractivity (Wildman–Crippen MR) is 76.5 cm³/mol. The second-order valence-corrected chi connectivity index (χ2v) is 6.25. The van der Waals surface area contributed by atoms with Crippen LogP contribution < -0.4 is 0 Å². The Morgan fingerprint density at radius 2 is 2.00 bits per heavy atom. The van der Waals surface area contributed by atoms with Gasteiger partial charge in [0.25, 0.3) is 0 Å². The van der Waals surface area contributed by atoms with E-state index in [2.05, 4.69) is 6.92 Å². The van der Waals surface area contributed by atoms with Gasteiger partial charge in [-0.2, -0.15) is 0 Å². The third kappa shape index (κ3) is 3.25. The van der Waals surface area contributed by atoms with E-state index in [0.717, 1.165) is 25.9 Å². The summed E-state index contributed by atoms with van der Waals surface area (Å²) in [5.41, 5.74) is 0. The van der Waals surface area contributed by atoms with Gasteiger partial charge in [-0.05, 0) is 38.5 Å².